The third kappa shape index (κ3) is 5.43. The van der Waals surface area contributed by atoms with Gasteiger partial charge in [-0.1, -0.05) is 32.0 Å². The summed E-state index contributed by atoms with van der Waals surface area (Å²) in [6.45, 7) is 6.12. The average Bonchev–Trinajstić information content (AvgIpc) is 2.85. The first-order chi connectivity index (χ1) is 17.6. The van der Waals surface area contributed by atoms with Crippen molar-refractivity contribution in [3.05, 3.63) is 70.6 Å². The van der Waals surface area contributed by atoms with Crippen LogP contribution in [0.15, 0.2) is 65.0 Å². The molecular formula is C29H33NO7. The van der Waals surface area contributed by atoms with Crippen LogP contribution >= 0.6 is 0 Å². The van der Waals surface area contributed by atoms with Crippen LogP contribution in [0.4, 0.5) is 0 Å². The average molecular weight is 508 g/mol. The first kappa shape index (κ1) is 26.1. The number of hydrogen-bond donors (Lipinski definition) is 2. The lowest BCUT2D eigenvalue weighted by molar-refractivity contribution is -0.140. The van der Waals surface area contributed by atoms with Crippen molar-refractivity contribution >= 4 is 11.8 Å². The van der Waals surface area contributed by atoms with E-state index in [-0.39, 0.29) is 41.7 Å². The molecule has 2 aromatic carbocycles. The molecule has 196 valence electrons. The van der Waals surface area contributed by atoms with Gasteiger partial charge in [-0.3, -0.25) is 4.79 Å². The fourth-order valence-electron chi connectivity index (χ4n) is 5.01. The first-order valence-corrected chi connectivity index (χ1v) is 12.2. The van der Waals surface area contributed by atoms with Crippen molar-refractivity contribution in [3.8, 4) is 23.0 Å². The van der Waals surface area contributed by atoms with E-state index in [0.29, 0.717) is 41.0 Å². The number of ether oxygens (including phenoxy) is 4. The molecule has 0 fully saturated rings. The molecule has 0 aromatic heterocycles. The van der Waals surface area contributed by atoms with E-state index in [0.717, 1.165) is 5.70 Å². The van der Waals surface area contributed by atoms with Crippen molar-refractivity contribution in [2.45, 2.75) is 39.5 Å². The lowest BCUT2D eigenvalue weighted by atomic mass is 9.68. The number of methoxy groups -OCH3 is 2. The number of nitrogens with one attached hydrogen (secondary N) is 1. The number of carbonyl (C=O) groups excluding carboxylic acids is 2. The van der Waals surface area contributed by atoms with Gasteiger partial charge in [0.25, 0.3) is 0 Å². The Morgan fingerprint density at radius 2 is 1.70 bits per heavy atom. The fourth-order valence-corrected chi connectivity index (χ4v) is 5.01. The van der Waals surface area contributed by atoms with Gasteiger partial charge >= 0.3 is 5.97 Å². The van der Waals surface area contributed by atoms with Gasteiger partial charge < -0.3 is 29.4 Å². The Morgan fingerprint density at radius 1 is 1.05 bits per heavy atom. The molecule has 1 unspecified atom stereocenters. The highest BCUT2D eigenvalue weighted by Crippen LogP contribution is 2.49. The highest BCUT2D eigenvalue weighted by atomic mass is 16.6. The van der Waals surface area contributed by atoms with Gasteiger partial charge in [-0.2, -0.15) is 0 Å². The van der Waals surface area contributed by atoms with E-state index in [1.807, 2.05) is 44.2 Å². The summed E-state index contributed by atoms with van der Waals surface area (Å²) in [6, 6.07) is 12.5. The molecule has 37 heavy (non-hydrogen) atoms. The van der Waals surface area contributed by atoms with Gasteiger partial charge in [0.05, 0.1) is 19.8 Å². The van der Waals surface area contributed by atoms with E-state index < -0.39 is 11.9 Å². The van der Waals surface area contributed by atoms with Crippen molar-refractivity contribution in [1.29, 1.82) is 0 Å². The van der Waals surface area contributed by atoms with Crippen LogP contribution in [0.2, 0.25) is 0 Å². The van der Waals surface area contributed by atoms with Crippen LogP contribution in [0.25, 0.3) is 0 Å². The molecule has 4 rings (SSSR count). The summed E-state index contributed by atoms with van der Waals surface area (Å²) in [4.78, 5) is 27.0. The number of allylic oxidation sites excluding steroid dienone is 3. The maximum atomic E-state index is 13.5. The number of esters is 1. The van der Waals surface area contributed by atoms with Crippen LogP contribution in [0.1, 0.15) is 45.1 Å². The van der Waals surface area contributed by atoms with Gasteiger partial charge in [0.2, 0.25) is 5.75 Å². The molecule has 1 aliphatic heterocycles. The Bertz CT molecular complexity index is 1240. The molecule has 8 heteroatoms. The molecule has 8 nitrogen and oxygen atoms in total. The zero-order valence-corrected chi connectivity index (χ0v) is 21.8. The van der Waals surface area contributed by atoms with Crippen LogP contribution < -0.4 is 19.5 Å². The number of Topliss-reactive ketones (excluding diaryl/α,β-unsaturated/α-hetero) is 1. The molecular weight excluding hydrogens is 474 g/mol. The Labute approximate surface area is 216 Å². The Balaban J connectivity index is 1.69. The number of aromatic hydroxyl groups is 1. The van der Waals surface area contributed by atoms with Crippen LogP contribution in [-0.2, 0) is 14.3 Å². The van der Waals surface area contributed by atoms with E-state index >= 15 is 0 Å². The maximum Gasteiger partial charge on any atom is 0.336 e. The number of carbonyl (C=O) groups is 2. The third-order valence-electron chi connectivity index (χ3n) is 6.62. The van der Waals surface area contributed by atoms with Gasteiger partial charge in [0.1, 0.15) is 19.0 Å². The summed E-state index contributed by atoms with van der Waals surface area (Å²) in [6.07, 6.45) is 1.00. The number of hydrogen-bond acceptors (Lipinski definition) is 8. The third-order valence-corrected chi connectivity index (χ3v) is 6.62. The van der Waals surface area contributed by atoms with Crippen molar-refractivity contribution in [2.75, 3.05) is 27.4 Å². The Hall–Kier alpha value is -3.94. The molecule has 1 aliphatic carbocycles. The number of phenolic OH excluding ortho intramolecular Hbond substituents is 1. The van der Waals surface area contributed by atoms with E-state index in [2.05, 4.69) is 5.32 Å². The molecule has 0 bridgehead atoms. The number of phenols is 1. The number of benzene rings is 2. The lowest BCUT2D eigenvalue weighted by Crippen LogP contribution is -2.38. The second-order valence-electron chi connectivity index (χ2n) is 10.0. The smallest absolute Gasteiger partial charge is 0.336 e. The number of ketones is 1. The maximum absolute atomic E-state index is 13.5. The predicted octanol–water partition coefficient (Wildman–Crippen LogP) is 4.64. The fraction of sp³-hybridized carbons (Fsp3) is 0.379. The van der Waals surface area contributed by atoms with Gasteiger partial charge in [0.15, 0.2) is 17.3 Å². The molecule has 1 heterocycles. The molecule has 2 aliphatic rings. The zero-order chi connectivity index (χ0) is 26.7. The molecule has 0 spiro atoms. The lowest BCUT2D eigenvalue weighted by Gasteiger charge is -2.39. The molecule has 0 saturated heterocycles. The summed E-state index contributed by atoms with van der Waals surface area (Å²) in [5, 5.41) is 13.8. The normalized spacial score (nSPS) is 18.6. The van der Waals surface area contributed by atoms with Crippen molar-refractivity contribution in [3.63, 3.8) is 0 Å². The molecule has 0 amide bonds. The SMILES string of the molecule is COc1cc(C2C(C(=O)OCCOc3ccccc3)=C(C)NC3=C2C(=O)CC(C)(C)C3)cc(OC)c1O. The highest BCUT2D eigenvalue weighted by molar-refractivity contribution is 6.04. The molecule has 1 atom stereocenters. The highest BCUT2D eigenvalue weighted by Gasteiger charge is 2.43. The van der Waals surface area contributed by atoms with E-state index in [1.54, 1.807) is 19.1 Å². The van der Waals surface area contributed by atoms with Crippen molar-refractivity contribution < 1.29 is 33.6 Å². The molecule has 2 aromatic rings. The minimum atomic E-state index is -0.717. The Morgan fingerprint density at radius 3 is 2.32 bits per heavy atom. The standard InChI is InChI=1S/C29H33NO7/c1-17-24(28(33)37-12-11-36-19-9-7-6-8-10-19)25(18-13-22(34-4)27(32)23(14-18)35-5)26-20(30-17)15-29(2,3)16-21(26)31/h6-10,13-14,25,30,32H,11-12,15-16H2,1-5H3. The van der Waals surface area contributed by atoms with Gasteiger partial charge in [-0.25, -0.2) is 4.79 Å². The van der Waals surface area contributed by atoms with Crippen LogP contribution in [0, 0.1) is 5.41 Å². The number of dihydropyridines is 1. The summed E-state index contributed by atoms with van der Waals surface area (Å²) >= 11 is 0. The minimum absolute atomic E-state index is 0.0341. The minimum Gasteiger partial charge on any atom is -0.502 e. The summed E-state index contributed by atoms with van der Waals surface area (Å²) in [5.41, 5.74) is 2.60. The quantitative estimate of drug-likeness (QED) is 0.394. The van der Waals surface area contributed by atoms with E-state index in [4.69, 9.17) is 18.9 Å². The first-order valence-electron chi connectivity index (χ1n) is 12.2. The predicted molar refractivity (Wildman–Crippen MR) is 138 cm³/mol. The molecule has 0 radical (unpaired) electrons. The number of rotatable bonds is 8. The largest absolute Gasteiger partial charge is 0.502 e. The molecule has 2 N–H and O–H groups in total. The number of para-hydroxylation sites is 1. The summed E-state index contributed by atoms with van der Waals surface area (Å²) in [7, 11) is 2.87. The molecule has 0 saturated carbocycles. The van der Waals surface area contributed by atoms with E-state index in [9.17, 15) is 14.7 Å². The summed E-state index contributed by atoms with van der Waals surface area (Å²) < 4.78 is 22.0. The van der Waals surface area contributed by atoms with Crippen molar-refractivity contribution in [2.24, 2.45) is 5.41 Å². The van der Waals surface area contributed by atoms with E-state index in [1.165, 1.54) is 14.2 Å². The zero-order valence-electron chi connectivity index (χ0n) is 21.8. The Kier molecular flexibility index (Phi) is 7.47. The van der Waals surface area contributed by atoms with Gasteiger partial charge in [-0.15, -0.1) is 0 Å². The van der Waals surface area contributed by atoms with Crippen LogP contribution in [0.5, 0.6) is 23.0 Å². The van der Waals surface area contributed by atoms with Gasteiger partial charge in [0, 0.05) is 29.3 Å². The summed E-state index contributed by atoms with van der Waals surface area (Å²) in [5.74, 6) is -0.427. The second-order valence-corrected chi connectivity index (χ2v) is 10.0. The van der Waals surface area contributed by atoms with Gasteiger partial charge in [-0.05, 0) is 48.6 Å². The second kappa shape index (κ2) is 10.6. The van der Waals surface area contributed by atoms with Crippen molar-refractivity contribution in [1.82, 2.24) is 5.32 Å². The van der Waals surface area contributed by atoms with Crippen LogP contribution in [0.3, 0.4) is 0 Å². The monoisotopic (exact) mass is 507 g/mol. The topological polar surface area (TPSA) is 103 Å². The van der Waals surface area contributed by atoms with Crippen LogP contribution in [-0.4, -0.2) is 44.3 Å².